The number of nitrogens with zero attached hydrogens (tertiary/aromatic N) is 1. The van der Waals surface area contributed by atoms with Crippen LogP contribution < -0.4 is 0 Å². The van der Waals surface area contributed by atoms with E-state index < -0.39 is 5.97 Å². The highest BCUT2D eigenvalue weighted by molar-refractivity contribution is 8.03. The Hall–Kier alpha value is -1.63. The lowest BCUT2D eigenvalue weighted by atomic mass is 10.2. The van der Waals surface area contributed by atoms with Crippen LogP contribution in [0.25, 0.3) is 0 Å². The van der Waals surface area contributed by atoms with Gasteiger partial charge in [0.2, 0.25) is 0 Å². The van der Waals surface area contributed by atoms with Gasteiger partial charge in [0.1, 0.15) is 5.37 Å². The number of carboxylic acids is 1. The van der Waals surface area contributed by atoms with Gasteiger partial charge in [-0.15, -0.1) is 34.9 Å². The molecule has 1 aromatic carbocycles. The molecule has 26 heavy (non-hydrogen) atoms. The molecule has 2 aromatic rings. The van der Waals surface area contributed by atoms with E-state index in [9.17, 15) is 9.90 Å². The minimum Gasteiger partial charge on any atom is -0.478 e. The van der Waals surface area contributed by atoms with E-state index in [-0.39, 0.29) is 5.37 Å². The molecule has 0 radical (unpaired) electrons. The summed E-state index contributed by atoms with van der Waals surface area (Å²) in [5, 5.41) is 11.8. The molecule has 0 saturated heterocycles. The van der Waals surface area contributed by atoms with Crippen LogP contribution >= 0.6 is 34.9 Å². The van der Waals surface area contributed by atoms with Crippen molar-refractivity contribution in [2.75, 3.05) is 5.75 Å². The number of hydrogen-bond acceptors (Lipinski definition) is 5. The first kappa shape index (κ1) is 19.1. The average Bonchev–Trinajstić information content (AvgIpc) is 3.15. The molecule has 6 heteroatoms. The Kier molecular flexibility index (Phi) is 6.88. The predicted octanol–water partition coefficient (Wildman–Crippen LogP) is 5.33. The van der Waals surface area contributed by atoms with Crippen LogP contribution in [0.4, 0.5) is 0 Å². The molecule has 3 nitrogen and oxygen atoms in total. The second-order valence-corrected chi connectivity index (χ2v) is 9.59. The van der Waals surface area contributed by atoms with Gasteiger partial charge in [0.05, 0.1) is 12.1 Å². The molecule has 3 rings (SSSR count). The third kappa shape index (κ3) is 5.19. The van der Waals surface area contributed by atoms with Gasteiger partial charge >= 0.3 is 5.97 Å². The van der Waals surface area contributed by atoms with Crippen molar-refractivity contribution >= 4 is 40.8 Å². The summed E-state index contributed by atoms with van der Waals surface area (Å²) in [4.78, 5) is 16.3. The zero-order valence-electron chi connectivity index (χ0n) is 14.4. The van der Waals surface area contributed by atoms with Crippen LogP contribution in [0.2, 0.25) is 0 Å². The molecule has 1 aliphatic rings. The Morgan fingerprint density at radius 2 is 2.08 bits per heavy atom. The Bertz CT molecular complexity index is 772. The third-order valence-electron chi connectivity index (χ3n) is 3.88. The van der Waals surface area contributed by atoms with Crippen molar-refractivity contribution in [3.8, 4) is 0 Å². The molecule has 0 fully saturated rings. The van der Waals surface area contributed by atoms with Crippen molar-refractivity contribution in [3.05, 3.63) is 76.6 Å². The summed E-state index contributed by atoms with van der Waals surface area (Å²) in [7, 11) is 0. The van der Waals surface area contributed by atoms with Crippen LogP contribution in [-0.4, -0.2) is 32.4 Å². The lowest BCUT2D eigenvalue weighted by Crippen LogP contribution is -2.35. The Balaban J connectivity index is 1.66. The number of thioether (sulfide) groups is 2. The number of hydrogen-bond donors (Lipinski definition) is 1. The van der Waals surface area contributed by atoms with Gasteiger partial charge in [-0.25, -0.2) is 4.79 Å². The van der Waals surface area contributed by atoms with Gasteiger partial charge < -0.3 is 10.0 Å². The average molecular weight is 404 g/mol. The predicted molar refractivity (Wildman–Crippen MR) is 113 cm³/mol. The van der Waals surface area contributed by atoms with Gasteiger partial charge in [-0.3, -0.25) is 0 Å². The third-order valence-corrected chi connectivity index (χ3v) is 7.63. The molecule has 0 aliphatic carbocycles. The summed E-state index contributed by atoms with van der Waals surface area (Å²) < 4.78 is 0. The topological polar surface area (TPSA) is 40.5 Å². The van der Waals surface area contributed by atoms with Crippen LogP contribution in [-0.2, 0) is 11.3 Å². The van der Waals surface area contributed by atoms with E-state index in [1.165, 1.54) is 9.77 Å². The lowest BCUT2D eigenvalue weighted by molar-refractivity contribution is -0.133. The summed E-state index contributed by atoms with van der Waals surface area (Å²) in [6.45, 7) is 2.90. The van der Waals surface area contributed by atoms with E-state index in [1.807, 2.05) is 48.3 Å². The smallest absolute Gasteiger partial charge is 0.334 e. The molecule has 0 spiro atoms. The largest absolute Gasteiger partial charge is 0.478 e. The summed E-state index contributed by atoms with van der Waals surface area (Å²) in [6, 6.07) is 14.4. The number of allylic oxidation sites excluding steroid dienone is 2. The molecule has 0 bridgehead atoms. The van der Waals surface area contributed by atoms with Gasteiger partial charge in [0.15, 0.2) is 0 Å². The Morgan fingerprint density at radius 3 is 2.77 bits per heavy atom. The number of benzene rings is 1. The Labute approximate surface area is 166 Å². The van der Waals surface area contributed by atoms with Crippen LogP contribution in [0.5, 0.6) is 0 Å². The summed E-state index contributed by atoms with van der Waals surface area (Å²) in [5.74, 6) is 0.0974. The summed E-state index contributed by atoms with van der Waals surface area (Å²) >= 11 is 5.23. The van der Waals surface area contributed by atoms with Gasteiger partial charge in [-0.1, -0.05) is 31.2 Å². The van der Waals surface area contributed by atoms with Crippen LogP contribution in [0.1, 0.15) is 11.8 Å². The minimum absolute atomic E-state index is 0.175. The number of rotatable bonds is 8. The molecular formula is C20H21NO2S3. The van der Waals surface area contributed by atoms with E-state index in [2.05, 4.69) is 35.4 Å². The quantitative estimate of drug-likeness (QED) is 0.604. The molecule has 0 amide bonds. The number of aliphatic carboxylic acids is 1. The van der Waals surface area contributed by atoms with Crippen molar-refractivity contribution in [2.24, 2.45) is 0 Å². The SMILES string of the molecule is CC(CSc1ccccc1)SC1C(C(=O)O)=CC=CN1Cc1cccs1. The van der Waals surface area contributed by atoms with Crippen molar-refractivity contribution < 1.29 is 9.90 Å². The van der Waals surface area contributed by atoms with E-state index in [4.69, 9.17) is 0 Å². The zero-order valence-corrected chi connectivity index (χ0v) is 16.9. The molecule has 136 valence electrons. The number of carbonyl (C=O) groups is 1. The maximum Gasteiger partial charge on any atom is 0.334 e. The Morgan fingerprint density at radius 1 is 1.27 bits per heavy atom. The fourth-order valence-electron chi connectivity index (χ4n) is 2.63. The van der Waals surface area contributed by atoms with E-state index in [1.54, 1.807) is 29.2 Å². The van der Waals surface area contributed by atoms with Gasteiger partial charge in [0, 0.05) is 27.0 Å². The lowest BCUT2D eigenvalue weighted by Gasteiger charge is -2.34. The first-order chi connectivity index (χ1) is 12.6. The maximum absolute atomic E-state index is 11.7. The fourth-order valence-corrected chi connectivity index (χ4v) is 5.71. The molecule has 2 unspecified atom stereocenters. The molecule has 2 atom stereocenters. The van der Waals surface area contributed by atoms with Gasteiger partial charge in [0.25, 0.3) is 0 Å². The van der Waals surface area contributed by atoms with Crippen molar-refractivity contribution in [3.63, 3.8) is 0 Å². The molecule has 2 heterocycles. The van der Waals surface area contributed by atoms with Crippen molar-refractivity contribution in [1.29, 1.82) is 0 Å². The number of carboxylic acid groups (broad SMARTS) is 1. The first-order valence-corrected chi connectivity index (χ1v) is 11.2. The summed E-state index contributed by atoms with van der Waals surface area (Å²) in [6.07, 6.45) is 5.56. The molecule has 1 N–H and O–H groups in total. The van der Waals surface area contributed by atoms with Crippen LogP contribution in [0.15, 0.2) is 76.7 Å². The number of thiophene rings is 1. The highest BCUT2D eigenvalue weighted by atomic mass is 32.2. The normalized spacial score (nSPS) is 17.8. The fraction of sp³-hybridized carbons (Fsp3) is 0.250. The molecule has 1 aliphatic heterocycles. The van der Waals surface area contributed by atoms with Crippen molar-refractivity contribution in [1.82, 2.24) is 4.90 Å². The summed E-state index contributed by atoms with van der Waals surface area (Å²) in [5.41, 5.74) is 0.450. The first-order valence-electron chi connectivity index (χ1n) is 8.36. The second-order valence-electron chi connectivity index (χ2n) is 5.94. The van der Waals surface area contributed by atoms with E-state index in [0.29, 0.717) is 10.8 Å². The standard InChI is InChI=1S/C20H21NO2S3/c1-15(14-25-16-7-3-2-4-8-16)26-19-18(20(22)23)10-5-11-21(19)13-17-9-6-12-24-17/h2-12,15,19H,13-14H2,1H3,(H,22,23). The molecular weight excluding hydrogens is 382 g/mol. The minimum atomic E-state index is -0.842. The molecule has 1 aromatic heterocycles. The highest BCUT2D eigenvalue weighted by Crippen LogP contribution is 2.34. The van der Waals surface area contributed by atoms with Crippen molar-refractivity contribution in [2.45, 2.75) is 29.0 Å². The maximum atomic E-state index is 11.7. The van der Waals surface area contributed by atoms with E-state index >= 15 is 0 Å². The zero-order chi connectivity index (χ0) is 18.4. The molecule has 0 saturated carbocycles. The van der Waals surface area contributed by atoms with Crippen LogP contribution in [0.3, 0.4) is 0 Å². The van der Waals surface area contributed by atoms with Crippen LogP contribution in [0, 0.1) is 0 Å². The second kappa shape index (κ2) is 9.35. The van der Waals surface area contributed by atoms with E-state index in [0.717, 1.165) is 12.3 Å². The highest BCUT2D eigenvalue weighted by Gasteiger charge is 2.29. The monoisotopic (exact) mass is 403 g/mol. The van der Waals surface area contributed by atoms with Gasteiger partial charge in [-0.2, -0.15) is 0 Å². The van der Waals surface area contributed by atoms with Gasteiger partial charge in [-0.05, 0) is 35.7 Å².